The lowest BCUT2D eigenvalue weighted by Crippen LogP contribution is -2.39. The van der Waals surface area contributed by atoms with Crippen LogP contribution in [-0.2, 0) is 0 Å². The minimum Gasteiger partial charge on any atom is -0.385 e. The van der Waals surface area contributed by atoms with Gasteiger partial charge in [-0.25, -0.2) is 0 Å². The molecule has 2 N–H and O–H groups in total. The second-order valence-corrected chi connectivity index (χ2v) is 16.0. The van der Waals surface area contributed by atoms with Crippen LogP contribution in [-0.4, -0.2) is 13.1 Å². The van der Waals surface area contributed by atoms with Gasteiger partial charge in [0.25, 0.3) is 0 Å². The molecule has 238 valence electrons. The Hall–Kier alpha value is -1.14. The maximum Gasteiger partial charge on any atom is 0.212 e. The molecule has 4 nitrogen and oxygen atoms in total. The molecule has 2 unspecified atom stereocenters. The van der Waals surface area contributed by atoms with Crippen LogP contribution < -0.4 is 19.8 Å². The standard InChI is InChI=1S/C36H60Br2N4/c1-7-9-11-13-15-23-39-31-17-25-41(26-18-31)33(37)29-35(3,4)21-22-36(5,6)30-34(38)42-27-19-32(20-28-42)40-24-16-14-12-10-8-2/h17-20,25-28,33-34H,7-16,21-24,29-30H2,1-6H3/p+2. The highest BCUT2D eigenvalue weighted by molar-refractivity contribution is 9.09. The van der Waals surface area contributed by atoms with Crippen LogP contribution in [0.4, 0.5) is 11.4 Å². The Morgan fingerprint density at radius 3 is 1.24 bits per heavy atom. The number of unbranched alkanes of at least 4 members (excludes halogenated alkanes) is 8. The van der Waals surface area contributed by atoms with Crippen molar-refractivity contribution in [3.05, 3.63) is 49.1 Å². The lowest BCUT2D eigenvalue weighted by Gasteiger charge is -2.31. The van der Waals surface area contributed by atoms with Crippen LogP contribution in [0, 0.1) is 10.8 Å². The van der Waals surface area contributed by atoms with E-state index in [1.54, 1.807) is 0 Å². The van der Waals surface area contributed by atoms with Gasteiger partial charge in [0, 0.05) is 61.6 Å². The Balaban J connectivity index is 1.75. The monoisotopic (exact) mass is 708 g/mol. The minimum absolute atomic E-state index is 0.243. The molecular formula is C36H62Br2N4+2. The van der Waals surface area contributed by atoms with Gasteiger partial charge in [0.1, 0.15) is 0 Å². The summed E-state index contributed by atoms with van der Waals surface area (Å²) in [5, 5.41) is 7.16. The molecule has 42 heavy (non-hydrogen) atoms. The minimum atomic E-state index is 0.243. The summed E-state index contributed by atoms with van der Waals surface area (Å²) in [5.41, 5.74) is 2.92. The Kier molecular flexibility index (Phi) is 17.6. The molecule has 2 rings (SSSR count). The predicted molar refractivity (Wildman–Crippen MR) is 190 cm³/mol. The molecule has 0 spiro atoms. The van der Waals surface area contributed by atoms with Crippen molar-refractivity contribution >= 4 is 43.2 Å². The largest absolute Gasteiger partial charge is 0.385 e. The van der Waals surface area contributed by atoms with Crippen LogP contribution in [0.15, 0.2) is 49.1 Å². The van der Waals surface area contributed by atoms with Crippen LogP contribution in [0.1, 0.15) is 141 Å². The molecule has 0 radical (unpaired) electrons. The van der Waals surface area contributed by atoms with E-state index in [0.717, 1.165) is 25.9 Å². The fourth-order valence-corrected chi connectivity index (χ4v) is 7.71. The highest BCUT2D eigenvalue weighted by Gasteiger charge is 2.32. The van der Waals surface area contributed by atoms with Gasteiger partial charge in [0.2, 0.25) is 9.90 Å². The lowest BCUT2D eigenvalue weighted by atomic mass is 9.76. The molecule has 2 aromatic rings. The zero-order valence-electron chi connectivity index (χ0n) is 27.7. The van der Waals surface area contributed by atoms with E-state index in [9.17, 15) is 0 Å². The Labute approximate surface area is 276 Å². The maximum absolute atomic E-state index is 3.99. The lowest BCUT2D eigenvalue weighted by molar-refractivity contribution is -0.700. The summed E-state index contributed by atoms with van der Waals surface area (Å²) in [4.78, 5) is 0.586. The van der Waals surface area contributed by atoms with E-state index in [1.807, 2.05) is 0 Å². The highest BCUT2D eigenvalue weighted by atomic mass is 79.9. The maximum atomic E-state index is 3.99. The number of alkyl halides is 2. The Morgan fingerprint density at radius 2 is 0.905 bits per heavy atom. The van der Waals surface area contributed by atoms with Crippen molar-refractivity contribution in [3.63, 3.8) is 0 Å². The smallest absolute Gasteiger partial charge is 0.212 e. The number of aromatic nitrogens is 2. The van der Waals surface area contributed by atoms with Crippen LogP contribution in [0.5, 0.6) is 0 Å². The van der Waals surface area contributed by atoms with E-state index < -0.39 is 0 Å². The van der Waals surface area contributed by atoms with Crippen LogP contribution >= 0.6 is 31.9 Å². The van der Waals surface area contributed by atoms with Crippen molar-refractivity contribution in [1.29, 1.82) is 0 Å². The highest BCUT2D eigenvalue weighted by Crippen LogP contribution is 2.40. The summed E-state index contributed by atoms with van der Waals surface area (Å²) < 4.78 is 4.60. The summed E-state index contributed by atoms with van der Waals surface area (Å²) in [5.74, 6) is 0. The molecule has 2 heterocycles. The molecule has 0 saturated carbocycles. The second kappa shape index (κ2) is 20.0. The van der Waals surface area contributed by atoms with E-state index in [0.29, 0.717) is 9.90 Å². The van der Waals surface area contributed by atoms with Crippen molar-refractivity contribution < 1.29 is 9.13 Å². The topological polar surface area (TPSA) is 31.8 Å². The zero-order valence-corrected chi connectivity index (χ0v) is 30.9. The van der Waals surface area contributed by atoms with Crippen LogP contribution in [0.2, 0.25) is 0 Å². The number of pyridine rings is 2. The van der Waals surface area contributed by atoms with Gasteiger partial charge < -0.3 is 10.6 Å². The quantitative estimate of drug-likeness (QED) is 0.0684. The first-order valence-corrected chi connectivity index (χ1v) is 18.7. The molecular weight excluding hydrogens is 648 g/mol. The molecule has 0 aliphatic heterocycles. The van der Waals surface area contributed by atoms with E-state index >= 15 is 0 Å². The third-order valence-electron chi connectivity index (χ3n) is 8.49. The fraction of sp³-hybridized carbons (Fsp3) is 0.722. The average molecular weight is 711 g/mol. The average Bonchev–Trinajstić information content (AvgIpc) is 2.96. The number of anilines is 2. The van der Waals surface area contributed by atoms with Crippen molar-refractivity contribution in [3.8, 4) is 0 Å². The number of hydrogen-bond donors (Lipinski definition) is 2. The molecule has 0 amide bonds. The summed E-state index contributed by atoms with van der Waals surface area (Å²) >= 11 is 7.97. The predicted octanol–water partition coefficient (Wildman–Crippen LogP) is 11.1. The van der Waals surface area contributed by atoms with Gasteiger partial charge in [-0.05, 0) is 68.4 Å². The van der Waals surface area contributed by atoms with Gasteiger partial charge in [-0.1, -0.05) is 92.9 Å². The van der Waals surface area contributed by atoms with Gasteiger partial charge in [-0.3, -0.25) is 0 Å². The van der Waals surface area contributed by atoms with Gasteiger partial charge in [-0.2, -0.15) is 9.13 Å². The van der Waals surface area contributed by atoms with Crippen molar-refractivity contribution in [2.75, 3.05) is 23.7 Å². The summed E-state index contributed by atoms with van der Waals surface area (Å²) in [6.45, 7) is 16.3. The third kappa shape index (κ3) is 15.5. The number of halogens is 2. The summed E-state index contributed by atoms with van der Waals surface area (Å²) in [6.07, 6.45) is 26.6. The van der Waals surface area contributed by atoms with Crippen LogP contribution in [0.3, 0.4) is 0 Å². The molecule has 0 bridgehead atoms. The molecule has 2 aromatic heterocycles. The first-order chi connectivity index (χ1) is 20.0. The second-order valence-electron chi connectivity index (χ2n) is 13.9. The van der Waals surface area contributed by atoms with E-state index in [1.165, 1.54) is 88.4 Å². The number of rotatable bonds is 23. The Bertz CT molecular complexity index is 880. The Morgan fingerprint density at radius 1 is 0.571 bits per heavy atom. The molecule has 2 atom stereocenters. The molecule has 0 saturated heterocycles. The van der Waals surface area contributed by atoms with Crippen molar-refractivity contribution in [2.24, 2.45) is 10.8 Å². The molecule has 6 heteroatoms. The number of hydrogen-bond acceptors (Lipinski definition) is 2. The number of nitrogens with zero attached hydrogens (tertiary/aromatic N) is 2. The fourth-order valence-electron chi connectivity index (χ4n) is 5.41. The van der Waals surface area contributed by atoms with E-state index in [2.05, 4.69) is 142 Å². The normalized spacial score (nSPS) is 13.6. The van der Waals surface area contributed by atoms with E-state index in [4.69, 9.17) is 0 Å². The molecule has 0 aromatic carbocycles. The summed E-state index contributed by atoms with van der Waals surface area (Å²) in [6, 6.07) is 8.84. The van der Waals surface area contributed by atoms with E-state index in [-0.39, 0.29) is 10.8 Å². The van der Waals surface area contributed by atoms with Gasteiger partial charge >= 0.3 is 0 Å². The zero-order chi connectivity index (χ0) is 30.8. The molecule has 0 aliphatic rings. The van der Waals surface area contributed by atoms with Gasteiger partial charge in [0.15, 0.2) is 24.8 Å². The third-order valence-corrected chi connectivity index (χ3v) is 10.1. The molecule has 0 fully saturated rings. The number of nitrogens with one attached hydrogen (secondary N) is 2. The van der Waals surface area contributed by atoms with Crippen molar-refractivity contribution in [1.82, 2.24) is 0 Å². The SMILES string of the molecule is CCCCCCCNc1cc[n+](C(Br)CC(C)(C)CCC(C)(C)CC(Br)[n+]2ccc(NCCCCCCC)cc2)cc1. The van der Waals surface area contributed by atoms with Crippen LogP contribution in [0.25, 0.3) is 0 Å². The van der Waals surface area contributed by atoms with Gasteiger partial charge in [0.05, 0.1) is 0 Å². The van der Waals surface area contributed by atoms with Crippen molar-refractivity contribution in [2.45, 2.75) is 141 Å². The van der Waals surface area contributed by atoms with Gasteiger partial charge in [-0.15, -0.1) is 0 Å². The summed E-state index contributed by atoms with van der Waals surface area (Å²) in [7, 11) is 0. The first kappa shape index (κ1) is 37.0. The molecule has 0 aliphatic carbocycles. The first-order valence-electron chi connectivity index (χ1n) is 16.8.